The largest absolute Gasteiger partial charge is 0.316 e. The molecule has 0 fully saturated rings. The molecule has 86 valence electrons. The second-order valence-corrected chi connectivity index (χ2v) is 5.85. The van der Waals surface area contributed by atoms with Crippen LogP contribution in [-0.4, -0.2) is 48.5 Å². The minimum Gasteiger partial charge on any atom is -0.316 e. The first-order valence-corrected chi connectivity index (χ1v) is 6.67. The molecule has 1 rings (SSSR count). The van der Waals surface area contributed by atoms with E-state index in [4.69, 9.17) is 0 Å². The average Bonchev–Trinajstić information content (AvgIpc) is 2.47. The highest BCUT2D eigenvalue weighted by atomic mass is 32.2. The highest BCUT2D eigenvalue weighted by Gasteiger charge is 2.15. The monoisotopic (exact) mass is 232 g/mol. The summed E-state index contributed by atoms with van der Waals surface area (Å²) >= 11 is 0. The van der Waals surface area contributed by atoms with Crippen molar-refractivity contribution in [3.05, 3.63) is 11.9 Å². The standard InChI is InChI=1S/C8H16N4O2S/c1-9-8(6-15(3,13)14)4-7-5-12(2)11-10-7/h5,8-9H,4,6H2,1-3H3. The van der Waals surface area contributed by atoms with E-state index in [0.29, 0.717) is 6.42 Å². The summed E-state index contributed by atoms with van der Waals surface area (Å²) in [6.07, 6.45) is 3.58. The third-order valence-electron chi connectivity index (χ3n) is 2.02. The van der Waals surface area contributed by atoms with Crippen molar-refractivity contribution >= 4 is 9.84 Å². The molecule has 1 aromatic heterocycles. The van der Waals surface area contributed by atoms with Crippen LogP contribution in [0.1, 0.15) is 5.69 Å². The lowest BCUT2D eigenvalue weighted by Gasteiger charge is -2.12. The van der Waals surface area contributed by atoms with Crippen LogP contribution in [-0.2, 0) is 23.3 Å². The number of aryl methyl sites for hydroxylation is 1. The number of hydrogen-bond acceptors (Lipinski definition) is 5. The van der Waals surface area contributed by atoms with Crippen molar-refractivity contribution in [3.8, 4) is 0 Å². The molecule has 0 aliphatic rings. The highest BCUT2D eigenvalue weighted by molar-refractivity contribution is 7.90. The molecular weight excluding hydrogens is 216 g/mol. The predicted molar refractivity (Wildman–Crippen MR) is 57.3 cm³/mol. The van der Waals surface area contributed by atoms with E-state index in [1.165, 1.54) is 6.26 Å². The van der Waals surface area contributed by atoms with Crippen molar-refractivity contribution in [3.63, 3.8) is 0 Å². The van der Waals surface area contributed by atoms with Crippen molar-refractivity contribution in [2.24, 2.45) is 7.05 Å². The topological polar surface area (TPSA) is 76.9 Å². The lowest BCUT2D eigenvalue weighted by Crippen LogP contribution is -2.34. The summed E-state index contributed by atoms with van der Waals surface area (Å²) in [6, 6.07) is -0.114. The fourth-order valence-electron chi connectivity index (χ4n) is 1.35. The summed E-state index contributed by atoms with van der Waals surface area (Å²) in [5.74, 6) is 0.111. The maximum atomic E-state index is 11.1. The smallest absolute Gasteiger partial charge is 0.148 e. The maximum absolute atomic E-state index is 11.1. The highest BCUT2D eigenvalue weighted by Crippen LogP contribution is 2.00. The Morgan fingerprint density at radius 3 is 2.67 bits per heavy atom. The Kier molecular flexibility index (Phi) is 3.81. The van der Waals surface area contributed by atoms with E-state index < -0.39 is 9.84 Å². The molecule has 1 unspecified atom stereocenters. The minimum absolute atomic E-state index is 0.111. The van der Waals surface area contributed by atoms with Crippen LogP contribution in [0.2, 0.25) is 0 Å². The lowest BCUT2D eigenvalue weighted by molar-refractivity contribution is 0.563. The molecule has 0 spiro atoms. The summed E-state index contributed by atoms with van der Waals surface area (Å²) in [5, 5.41) is 10.7. The van der Waals surface area contributed by atoms with Crippen molar-refractivity contribution in [2.45, 2.75) is 12.5 Å². The van der Waals surface area contributed by atoms with E-state index in [0.717, 1.165) is 5.69 Å². The summed E-state index contributed by atoms with van der Waals surface area (Å²) < 4.78 is 23.8. The normalized spacial score (nSPS) is 14.1. The average molecular weight is 232 g/mol. The van der Waals surface area contributed by atoms with Gasteiger partial charge in [-0.25, -0.2) is 8.42 Å². The summed E-state index contributed by atoms with van der Waals surface area (Å²) in [5.41, 5.74) is 0.792. The second kappa shape index (κ2) is 4.71. The number of rotatable bonds is 5. The molecule has 0 radical (unpaired) electrons. The molecular formula is C8H16N4O2S. The Hall–Kier alpha value is -0.950. The van der Waals surface area contributed by atoms with E-state index in [2.05, 4.69) is 15.6 Å². The molecule has 0 bridgehead atoms. The molecule has 0 aliphatic heterocycles. The molecule has 6 nitrogen and oxygen atoms in total. The van der Waals surface area contributed by atoms with Crippen LogP contribution in [0.15, 0.2) is 6.20 Å². The molecule has 0 amide bonds. The molecule has 1 heterocycles. The van der Waals surface area contributed by atoms with Crippen LogP contribution in [0, 0.1) is 0 Å². The van der Waals surface area contributed by atoms with Gasteiger partial charge in [-0.1, -0.05) is 5.21 Å². The Morgan fingerprint density at radius 1 is 1.60 bits per heavy atom. The molecule has 0 saturated heterocycles. The zero-order valence-electron chi connectivity index (χ0n) is 9.14. The van der Waals surface area contributed by atoms with E-state index in [-0.39, 0.29) is 11.8 Å². The van der Waals surface area contributed by atoms with Gasteiger partial charge in [0.2, 0.25) is 0 Å². The van der Waals surface area contributed by atoms with Gasteiger partial charge in [-0.2, -0.15) is 0 Å². The predicted octanol–water partition coefficient (Wildman–Crippen LogP) is -1.01. The van der Waals surface area contributed by atoms with Crippen LogP contribution in [0.3, 0.4) is 0 Å². The third kappa shape index (κ3) is 4.39. The van der Waals surface area contributed by atoms with Crippen molar-refractivity contribution in [1.29, 1.82) is 0 Å². The molecule has 0 saturated carbocycles. The quantitative estimate of drug-likeness (QED) is 0.704. The minimum atomic E-state index is -2.97. The van der Waals surface area contributed by atoms with Gasteiger partial charge in [0, 0.05) is 32.0 Å². The van der Waals surface area contributed by atoms with E-state index in [1.807, 2.05) is 0 Å². The van der Waals surface area contributed by atoms with E-state index >= 15 is 0 Å². The Labute approximate surface area is 89.6 Å². The summed E-state index contributed by atoms with van der Waals surface area (Å²) in [4.78, 5) is 0. The van der Waals surface area contributed by atoms with Gasteiger partial charge in [-0.15, -0.1) is 5.10 Å². The Balaban J connectivity index is 2.62. The third-order valence-corrected chi connectivity index (χ3v) is 3.03. The van der Waals surface area contributed by atoms with Gasteiger partial charge in [0.25, 0.3) is 0 Å². The molecule has 1 atom stereocenters. The first kappa shape index (κ1) is 12.1. The van der Waals surface area contributed by atoms with Crippen molar-refractivity contribution in [2.75, 3.05) is 19.1 Å². The summed E-state index contributed by atoms with van der Waals surface area (Å²) in [7, 11) is 0.555. The Bertz CT molecular complexity index is 412. The lowest BCUT2D eigenvalue weighted by atomic mass is 10.2. The van der Waals surface area contributed by atoms with Gasteiger partial charge in [-0.05, 0) is 7.05 Å². The SMILES string of the molecule is CNC(Cc1cn(C)nn1)CS(C)(=O)=O. The zero-order valence-corrected chi connectivity index (χ0v) is 9.95. The van der Waals surface area contributed by atoms with Crippen LogP contribution < -0.4 is 5.32 Å². The van der Waals surface area contributed by atoms with Crippen LogP contribution in [0.25, 0.3) is 0 Å². The molecule has 0 aliphatic carbocycles. The number of hydrogen-bond donors (Lipinski definition) is 1. The molecule has 1 aromatic rings. The first-order valence-electron chi connectivity index (χ1n) is 4.61. The van der Waals surface area contributed by atoms with Gasteiger partial charge in [0.1, 0.15) is 9.84 Å². The number of nitrogens with one attached hydrogen (secondary N) is 1. The molecule has 15 heavy (non-hydrogen) atoms. The van der Waals surface area contributed by atoms with Gasteiger partial charge >= 0.3 is 0 Å². The van der Waals surface area contributed by atoms with Crippen LogP contribution in [0.4, 0.5) is 0 Å². The molecule has 7 heteroatoms. The van der Waals surface area contributed by atoms with Gasteiger partial charge in [-0.3, -0.25) is 4.68 Å². The van der Waals surface area contributed by atoms with E-state index in [9.17, 15) is 8.42 Å². The number of nitrogens with zero attached hydrogens (tertiary/aromatic N) is 3. The number of sulfone groups is 1. The van der Waals surface area contributed by atoms with Crippen LogP contribution in [0.5, 0.6) is 0 Å². The molecule has 1 N–H and O–H groups in total. The zero-order chi connectivity index (χ0) is 11.5. The van der Waals surface area contributed by atoms with Gasteiger partial charge < -0.3 is 5.32 Å². The second-order valence-electron chi connectivity index (χ2n) is 3.67. The molecule has 0 aromatic carbocycles. The van der Waals surface area contributed by atoms with Crippen molar-refractivity contribution in [1.82, 2.24) is 20.3 Å². The first-order chi connectivity index (χ1) is 6.90. The number of aromatic nitrogens is 3. The van der Waals surface area contributed by atoms with Gasteiger partial charge in [0.15, 0.2) is 0 Å². The number of likely N-dealkylation sites (N-methyl/N-ethyl adjacent to an activating group) is 1. The summed E-state index contributed by atoms with van der Waals surface area (Å²) in [6.45, 7) is 0. The van der Waals surface area contributed by atoms with Gasteiger partial charge in [0.05, 0.1) is 11.4 Å². The van der Waals surface area contributed by atoms with E-state index in [1.54, 1.807) is 25.0 Å². The van der Waals surface area contributed by atoms with Crippen molar-refractivity contribution < 1.29 is 8.42 Å². The maximum Gasteiger partial charge on any atom is 0.148 e. The fourth-order valence-corrected chi connectivity index (χ4v) is 2.37. The fraction of sp³-hybridized carbons (Fsp3) is 0.750. The van der Waals surface area contributed by atoms with Crippen LogP contribution >= 0.6 is 0 Å². The Morgan fingerprint density at radius 2 is 2.27 bits per heavy atom.